The van der Waals surface area contributed by atoms with Gasteiger partial charge in [0.1, 0.15) is 27.7 Å². The maximum absolute atomic E-state index is 14.1. The Morgan fingerprint density at radius 3 is 2.47 bits per heavy atom. The van der Waals surface area contributed by atoms with Crippen LogP contribution in [0, 0.1) is 5.92 Å². The molecular weight excluding hydrogens is 524 g/mol. The standard InChI is InChI=1S/C26H24BrClO6/c1-14-11-17(29)16-13-25(9-10-27,15-7-5-4-6-8-15)34-24(16)26(14)23(30)20-18(31-2)12-19(32-3)21(28)22(20)33-26/h4-8,12,14H,9-11,13H2,1-3H3. The Kier molecular flexibility index (Phi) is 5.68. The molecule has 0 amide bonds. The molecule has 5 rings (SSSR count). The third kappa shape index (κ3) is 3.06. The zero-order valence-electron chi connectivity index (χ0n) is 19.1. The average molecular weight is 548 g/mol. The van der Waals surface area contributed by atoms with Crippen molar-refractivity contribution in [1.82, 2.24) is 0 Å². The Morgan fingerprint density at radius 1 is 1.12 bits per heavy atom. The molecule has 178 valence electrons. The van der Waals surface area contributed by atoms with Gasteiger partial charge in [-0.2, -0.15) is 0 Å². The molecule has 1 spiro atoms. The maximum atomic E-state index is 14.1. The zero-order chi connectivity index (χ0) is 24.3. The number of benzene rings is 2. The Labute approximate surface area is 211 Å². The van der Waals surface area contributed by atoms with Gasteiger partial charge in [-0.15, -0.1) is 0 Å². The van der Waals surface area contributed by atoms with Crippen LogP contribution >= 0.6 is 27.5 Å². The van der Waals surface area contributed by atoms with Gasteiger partial charge in [-0.05, 0) is 5.56 Å². The van der Waals surface area contributed by atoms with Crippen LogP contribution in [0.25, 0.3) is 0 Å². The number of carbonyl (C=O) groups excluding carboxylic acids is 2. The normalized spacial score (nSPS) is 27.4. The molecule has 0 aromatic heterocycles. The van der Waals surface area contributed by atoms with Gasteiger partial charge in [-0.3, -0.25) is 9.59 Å². The predicted molar refractivity (Wildman–Crippen MR) is 130 cm³/mol. The highest BCUT2D eigenvalue weighted by atomic mass is 79.9. The van der Waals surface area contributed by atoms with Crippen molar-refractivity contribution in [1.29, 1.82) is 0 Å². The lowest BCUT2D eigenvalue weighted by molar-refractivity contribution is -0.119. The van der Waals surface area contributed by atoms with Gasteiger partial charge >= 0.3 is 0 Å². The molecule has 0 radical (unpaired) electrons. The number of methoxy groups -OCH3 is 2. The highest BCUT2D eigenvalue weighted by Gasteiger charge is 2.65. The second-order valence-electron chi connectivity index (χ2n) is 8.88. The molecule has 6 nitrogen and oxygen atoms in total. The van der Waals surface area contributed by atoms with E-state index in [4.69, 9.17) is 30.5 Å². The fourth-order valence-electron chi connectivity index (χ4n) is 5.37. The summed E-state index contributed by atoms with van der Waals surface area (Å²) in [6, 6.07) is 11.4. The van der Waals surface area contributed by atoms with Gasteiger partial charge in [0.15, 0.2) is 17.3 Å². The summed E-state index contributed by atoms with van der Waals surface area (Å²) in [6.45, 7) is 1.83. The first-order valence-corrected chi connectivity index (χ1v) is 12.6. The molecule has 2 aliphatic heterocycles. The number of carbonyl (C=O) groups is 2. The first-order valence-electron chi connectivity index (χ1n) is 11.1. The number of ether oxygens (including phenoxy) is 4. The van der Waals surface area contributed by atoms with Crippen LogP contribution in [0.4, 0.5) is 0 Å². The molecule has 34 heavy (non-hydrogen) atoms. The predicted octanol–water partition coefficient (Wildman–Crippen LogP) is 5.63. The van der Waals surface area contributed by atoms with Gasteiger partial charge in [0, 0.05) is 42.1 Å². The van der Waals surface area contributed by atoms with Crippen molar-refractivity contribution in [3.63, 3.8) is 0 Å². The molecular formula is C26H24BrClO6. The summed E-state index contributed by atoms with van der Waals surface area (Å²) < 4.78 is 24.0. The Balaban J connectivity index is 1.69. The highest BCUT2D eigenvalue weighted by Crippen LogP contribution is 2.59. The number of fused-ring (bicyclic) bond motifs is 2. The van der Waals surface area contributed by atoms with E-state index in [9.17, 15) is 9.59 Å². The zero-order valence-corrected chi connectivity index (χ0v) is 21.4. The van der Waals surface area contributed by atoms with Crippen LogP contribution in [0.15, 0.2) is 47.7 Å². The van der Waals surface area contributed by atoms with Crippen LogP contribution in [0.1, 0.15) is 42.1 Å². The Bertz CT molecular complexity index is 1230. The lowest BCUT2D eigenvalue weighted by Crippen LogP contribution is -2.52. The van der Waals surface area contributed by atoms with Crippen LogP contribution < -0.4 is 14.2 Å². The van der Waals surface area contributed by atoms with E-state index >= 15 is 0 Å². The van der Waals surface area contributed by atoms with Crippen molar-refractivity contribution in [3.8, 4) is 17.2 Å². The SMILES string of the molecule is COc1cc(OC)c2c(c1Cl)OC1(C2=O)C2=C(CC(CCBr)(c3ccccc3)O2)C(=O)CC1C. The Hall–Kier alpha value is -2.51. The molecule has 8 heteroatoms. The second-order valence-corrected chi connectivity index (χ2v) is 10.1. The number of alkyl halides is 1. The van der Waals surface area contributed by atoms with Gasteiger partial charge in [-0.25, -0.2) is 0 Å². The number of Topliss-reactive ketones (excluding diaryl/α,β-unsaturated/α-hetero) is 2. The van der Waals surface area contributed by atoms with Crippen molar-refractivity contribution >= 4 is 39.1 Å². The minimum absolute atomic E-state index is 0.0245. The molecule has 0 N–H and O–H groups in total. The summed E-state index contributed by atoms with van der Waals surface area (Å²) >= 11 is 10.1. The third-order valence-corrected chi connectivity index (χ3v) is 7.86. The second kappa shape index (κ2) is 8.31. The Morgan fingerprint density at radius 2 is 1.82 bits per heavy atom. The number of hydrogen-bond acceptors (Lipinski definition) is 6. The molecule has 3 aliphatic rings. The first-order chi connectivity index (χ1) is 16.3. The molecule has 2 aromatic rings. The summed E-state index contributed by atoms with van der Waals surface area (Å²) in [5.74, 6) is 0.304. The summed E-state index contributed by atoms with van der Waals surface area (Å²) in [5.41, 5.74) is -0.599. The number of rotatable bonds is 5. The summed E-state index contributed by atoms with van der Waals surface area (Å²) in [4.78, 5) is 27.4. The topological polar surface area (TPSA) is 71.1 Å². The van der Waals surface area contributed by atoms with Gasteiger partial charge in [-0.1, -0.05) is 64.8 Å². The number of hydrogen-bond donors (Lipinski definition) is 0. The van der Waals surface area contributed by atoms with Crippen LogP contribution in [0.3, 0.4) is 0 Å². The van der Waals surface area contributed by atoms with Crippen molar-refractivity contribution in [2.75, 3.05) is 19.5 Å². The van der Waals surface area contributed by atoms with Gasteiger partial charge < -0.3 is 18.9 Å². The fraction of sp³-hybridized carbons (Fsp3) is 0.385. The van der Waals surface area contributed by atoms with Crippen LogP contribution in [0.5, 0.6) is 17.2 Å². The summed E-state index contributed by atoms with van der Waals surface area (Å²) in [6.07, 6.45) is 1.14. The smallest absolute Gasteiger partial charge is 0.231 e. The van der Waals surface area contributed by atoms with Crippen LogP contribution in [-0.4, -0.2) is 36.7 Å². The van der Waals surface area contributed by atoms with E-state index in [0.717, 1.165) is 5.56 Å². The lowest BCUT2D eigenvalue weighted by atomic mass is 9.72. The molecule has 2 heterocycles. The molecule has 0 saturated heterocycles. The molecule has 3 unspecified atom stereocenters. The van der Waals surface area contributed by atoms with E-state index in [-0.39, 0.29) is 34.3 Å². The molecule has 2 aromatic carbocycles. The molecule has 0 fully saturated rings. The maximum Gasteiger partial charge on any atom is 0.231 e. The monoisotopic (exact) mass is 546 g/mol. The van der Waals surface area contributed by atoms with E-state index in [0.29, 0.717) is 41.0 Å². The van der Waals surface area contributed by atoms with Gasteiger partial charge in [0.25, 0.3) is 0 Å². The van der Waals surface area contributed by atoms with Crippen molar-refractivity contribution in [2.24, 2.45) is 5.92 Å². The number of halogens is 2. The minimum Gasteiger partial charge on any atom is -0.496 e. The quantitative estimate of drug-likeness (QED) is 0.452. The van der Waals surface area contributed by atoms with Crippen LogP contribution in [0.2, 0.25) is 5.02 Å². The third-order valence-electron chi connectivity index (χ3n) is 7.11. The fourth-order valence-corrected chi connectivity index (χ4v) is 6.27. The van der Waals surface area contributed by atoms with E-state index in [1.165, 1.54) is 14.2 Å². The van der Waals surface area contributed by atoms with E-state index in [1.54, 1.807) is 6.07 Å². The minimum atomic E-state index is -1.50. The highest BCUT2D eigenvalue weighted by molar-refractivity contribution is 9.09. The lowest BCUT2D eigenvalue weighted by Gasteiger charge is -2.38. The number of ketones is 2. The van der Waals surface area contributed by atoms with Crippen molar-refractivity contribution in [3.05, 3.63) is 63.9 Å². The van der Waals surface area contributed by atoms with E-state index in [2.05, 4.69) is 15.9 Å². The molecule has 0 saturated carbocycles. The van der Waals surface area contributed by atoms with Gasteiger partial charge in [0.05, 0.1) is 14.2 Å². The molecule has 3 atom stereocenters. The van der Waals surface area contributed by atoms with E-state index < -0.39 is 17.1 Å². The van der Waals surface area contributed by atoms with Crippen molar-refractivity contribution in [2.45, 2.75) is 37.4 Å². The first kappa shape index (κ1) is 23.2. The largest absolute Gasteiger partial charge is 0.496 e. The summed E-state index contributed by atoms with van der Waals surface area (Å²) in [7, 11) is 2.96. The molecule has 0 bridgehead atoms. The summed E-state index contributed by atoms with van der Waals surface area (Å²) in [5, 5.41) is 0.841. The van der Waals surface area contributed by atoms with Gasteiger partial charge in [0.2, 0.25) is 11.4 Å². The average Bonchev–Trinajstić information content (AvgIpc) is 3.38. The van der Waals surface area contributed by atoms with Crippen molar-refractivity contribution < 1.29 is 28.5 Å². The van der Waals surface area contributed by atoms with E-state index in [1.807, 2.05) is 37.3 Å². The van der Waals surface area contributed by atoms with Crippen LogP contribution in [-0.2, 0) is 15.1 Å². The molecule has 1 aliphatic carbocycles.